The number of nitrogen functional groups attached to an aromatic ring is 1. The highest BCUT2D eigenvalue weighted by Gasteiger charge is 2.32. The van der Waals surface area contributed by atoms with Crippen LogP contribution in [0, 0.1) is 5.82 Å². The summed E-state index contributed by atoms with van der Waals surface area (Å²) in [7, 11) is 0. The number of rotatable bonds is 2. The van der Waals surface area contributed by atoms with Crippen LogP contribution in [-0.2, 0) is 5.33 Å². The third kappa shape index (κ3) is 2.98. The predicted octanol–water partition coefficient (Wildman–Crippen LogP) is 3.20. The van der Waals surface area contributed by atoms with Gasteiger partial charge in [0.25, 0.3) is 0 Å². The van der Waals surface area contributed by atoms with E-state index in [9.17, 15) is 17.6 Å². The van der Waals surface area contributed by atoms with Crippen LogP contribution in [-0.4, -0.2) is 6.36 Å². The molecule has 7 heteroatoms. The maximum atomic E-state index is 12.9. The molecule has 0 bridgehead atoms. The number of benzene rings is 1. The van der Waals surface area contributed by atoms with Gasteiger partial charge in [-0.1, -0.05) is 15.9 Å². The Kier molecular flexibility index (Phi) is 3.43. The largest absolute Gasteiger partial charge is 0.573 e. The Morgan fingerprint density at radius 3 is 2.40 bits per heavy atom. The SMILES string of the molecule is Nc1c(F)ccc(OC(F)(F)F)c1CBr. The Balaban J connectivity index is 3.14. The van der Waals surface area contributed by atoms with Crippen molar-refractivity contribution < 1.29 is 22.3 Å². The lowest BCUT2D eigenvalue weighted by molar-refractivity contribution is -0.274. The van der Waals surface area contributed by atoms with Crippen molar-refractivity contribution in [1.29, 1.82) is 0 Å². The van der Waals surface area contributed by atoms with Crippen molar-refractivity contribution in [2.45, 2.75) is 11.7 Å². The molecule has 0 spiro atoms. The Morgan fingerprint density at radius 2 is 1.93 bits per heavy atom. The van der Waals surface area contributed by atoms with Crippen molar-refractivity contribution in [1.82, 2.24) is 0 Å². The third-order valence-electron chi connectivity index (χ3n) is 1.62. The molecule has 0 unspecified atom stereocenters. The van der Waals surface area contributed by atoms with Crippen LogP contribution in [0.1, 0.15) is 5.56 Å². The van der Waals surface area contributed by atoms with Crippen LogP contribution in [0.2, 0.25) is 0 Å². The zero-order valence-corrected chi connectivity index (χ0v) is 8.82. The number of anilines is 1. The van der Waals surface area contributed by atoms with Crippen molar-refractivity contribution in [2.24, 2.45) is 0 Å². The Morgan fingerprint density at radius 1 is 1.33 bits per heavy atom. The second kappa shape index (κ2) is 4.26. The summed E-state index contributed by atoms with van der Waals surface area (Å²) in [6, 6.07) is 1.71. The maximum absolute atomic E-state index is 12.9. The van der Waals surface area contributed by atoms with Crippen LogP contribution in [0.5, 0.6) is 5.75 Å². The lowest BCUT2D eigenvalue weighted by atomic mass is 10.2. The molecule has 0 radical (unpaired) electrons. The first kappa shape index (κ1) is 12.1. The zero-order valence-electron chi connectivity index (χ0n) is 7.24. The fourth-order valence-electron chi connectivity index (χ4n) is 0.974. The summed E-state index contributed by atoms with van der Waals surface area (Å²) in [5, 5.41) is -0.0258. The van der Waals surface area contributed by atoms with E-state index in [1.807, 2.05) is 0 Å². The predicted molar refractivity (Wildman–Crippen MR) is 50.1 cm³/mol. The molecule has 0 saturated carbocycles. The fourth-order valence-corrected chi connectivity index (χ4v) is 1.55. The smallest absolute Gasteiger partial charge is 0.405 e. The van der Waals surface area contributed by atoms with Crippen molar-refractivity contribution in [2.75, 3.05) is 5.73 Å². The minimum atomic E-state index is -4.82. The lowest BCUT2D eigenvalue weighted by Gasteiger charge is -2.13. The molecule has 0 atom stereocenters. The van der Waals surface area contributed by atoms with E-state index in [2.05, 4.69) is 20.7 Å². The molecule has 15 heavy (non-hydrogen) atoms. The van der Waals surface area contributed by atoms with Crippen LogP contribution in [0.25, 0.3) is 0 Å². The molecule has 2 N–H and O–H groups in total. The highest BCUT2D eigenvalue weighted by molar-refractivity contribution is 9.08. The molecule has 0 aliphatic rings. The molecule has 84 valence electrons. The van der Waals surface area contributed by atoms with E-state index in [1.54, 1.807) is 0 Å². The number of hydrogen-bond donors (Lipinski definition) is 1. The van der Waals surface area contributed by atoms with Crippen LogP contribution in [0.15, 0.2) is 12.1 Å². The molecular weight excluding hydrogens is 282 g/mol. The normalized spacial score (nSPS) is 11.5. The van der Waals surface area contributed by atoms with Gasteiger partial charge in [0.05, 0.1) is 5.69 Å². The second-order valence-corrected chi connectivity index (χ2v) is 3.18. The van der Waals surface area contributed by atoms with Gasteiger partial charge in [-0.2, -0.15) is 0 Å². The summed E-state index contributed by atoms with van der Waals surface area (Å²) in [5.41, 5.74) is 4.84. The number of nitrogens with two attached hydrogens (primary N) is 1. The quantitative estimate of drug-likeness (QED) is 0.515. The van der Waals surface area contributed by atoms with Crippen LogP contribution in [0.4, 0.5) is 23.2 Å². The van der Waals surface area contributed by atoms with Gasteiger partial charge in [0.1, 0.15) is 11.6 Å². The van der Waals surface area contributed by atoms with Crippen LogP contribution >= 0.6 is 15.9 Å². The van der Waals surface area contributed by atoms with Crippen molar-refractivity contribution in [3.8, 4) is 5.75 Å². The minimum Gasteiger partial charge on any atom is -0.405 e. The van der Waals surface area contributed by atoms with E-state index in [0.717, 1.165) is 12.1 Å². The first-order chi connectivity index (χ1) is 6.85. The number of alkyl halides is 4. The van der Waals surface area contributed by atoms with Crippen molar-refractivity contribution >= 4 is 21.6 Å². The Labute approximate surface area is 91.1 Å². The molecule has 0 saturated heterocycles. The Bertz CT molecular complexity index is 366. The summed E-state index contributed by atoms with van der Waals surface area (Å²) in [6.07, 6.45) is -4.82. The monoisotopic (exact) mass is 287 g/mol. The Hall–Kier alpha value is -0.980. The van der Waals surface area contributed by atoms with Gasteiger partial charge in [-0.05, 0) is 12.1 Å². The summed E-state index contributed by atoms with van der Waals surface area (Å²) in [6.45, 7) is 0. The van der Waals surface area contributed by atoms with E-state index in [0.29, 0.717) is 0 Å². The van der Waals surface area contributed by atoms with Gasteiger partial charge >= 0.3 is 6.36 Å². The van der Waals surface area contributed by atoms with Gasteiger partial charge in [-0.25, -0.2) is 4.39 Å². The van der Waals surface area contributed by atoms with E-state index < -0.39 is 17.9 Å². The van der Waals surface area contributed by atoms with Gasteiger partial charge in [0.15, 0.2) is 0 Å². The molecule has 1 aromatic carbocycles. The standard InChI is InChI=1S/C8H6BrF4NO/c9-3-4-6(15-8(11,12)13)2-1-5(10)7(4)14/h1-2H,3,14H2. The van der Waals surface area contributed by atoms with Crippen LogP contribution < -0.4 is 10.5 Å². The molecule has 0 heterocycles. The van der Waals surface area contributed by atoms with Gasteiger partial charge in [0.2, 0.25) is 0 Å². The van der Waals surface area contributed by atoms with Crippen molar-refractivity contribution in [3.63, 3.8) is 0 Å². The van der Waals surface area contributed by atoms with E-state index in [4.69, 9.17) is 5.73 Å². The fraction of sp³-hybridized carbons (Fsp3) is 0.250. The number of hydrogen-bond acceptors (Lipinski definition) is 2. The first-order valence-corrected chi connectivity index (χ1v) is 4.86. The maximum Gasteiger partial charge on any atom is 0.573 e. The van der Waals surface area contributed by atoms with Gasteiger partial charge < -0.3 is 10.5 Å². The second-order valence-electron chi connectivity index (χ2n) is 2.62. The molecule has 0 aliphatic carbocycles. The van der Waals surface area contributed by atoms with Gasteiger partial charge in [-0.15, -0.1) is 13.2 Å². The average molecular weight is 288 g/mol. The molecule has 1 aromatic rings. The molecule has 1 rings (SSSR count). The number of halogens is 5. The van der Waals surface area contributed by atoms with Gasteiger partial charge in [-0.3, -0.25) is 0 Å². The summed E-state index contributed by atoms with van der Waals surface area (Å²) in [4.78, 5) is 0. The molecule has 0 fully saturated rings. The highest BCUT2D eigenvalue weighted by Crippen LogP contribution is 2.32. The lowest BCUT2D eigenvalue weighted by Crippen LogP contribution is -2.18. The third-order valence-corrected chi connectivity index (χ3v) is 2.18. The minimum absolute atomic E-state index is 0.0258. The molecule has 0 aliphatic heterocycles. The summed E-state index contributed by atoms with van der Waals surface area (Å²) >= 11 is 2.91. The number of ether oxygens (including phenoxy) is 1. The van der Waals surface area contributed by atoms with Crippen LogP contribution in [0.3, 0.4) is 0 Å². The highest BCUT2D eigenvalue weighted by atomic mass is 79.9. The molecular formula is C8H6BrF4NO. The molecule has 0 aromatic heterocycles. The van der Waals surface area contributed by atoms with E-state index >= 15 is 0 Å². The summed E-state index contributed by atoms with van der Waals surface area (Å²) in [5.74, 6) is -1.28. The van der Waals surface area contributed by atoms with E-state index in [-0.39, 0.29) is 16.6 Å². The van der Waals surface area contributed by atoms with Crippen molar-refractivity contribution in [3.05, 3.63) is 23.5 Å². The summed E-state index contributed by atoms with van der Waals surface area (Å²) < 4.78 is 52.3. The van der Waals surface area contributed by atoms with E-state index in [1.165, 1.54) is 0 Å². The topological polar surface area (TPSA) is 35.2 Å². The molecule has 0 amide bonds. The van der Waals surface area contributed by atoms with Gasteiger partial charge in [0, 0.05) is 10.9 Å². The first-order valence-electron chi connectivity index (χ1n) is 3.73. The zero-order chi connectivity index (χ0) is 11.6. The molecule has 2 nitrogen and oxygen atoms in total. The average Bonchev–Trinajstić information content (AvgIpc) is 2.10.